The van der Waals surface area contributed by atoms with Crippen LogP contribution in [0.15, 0.2) is 54.6 Å². The average Bonchev–Trinajstić information content (AvgIpc) is 3.31. The number of imidazole rings is 1. The molecule has 0 spiro atoms. The Hall–Kier alpha value is -4.09. The summed E-state index contributed by atoms with van der Waals surface area (Å²) < 4.78 is 40.5. The van der Waals surface area contributed by atoms with Crippen LogP contribution in [0.25, 0.3) is 11.0 Å². The number of carbonyl (C=O) groups excluding carboxylic acids is 2. The van der Waals surface area contributed by atoms with Gasteiger partial charge in [0.1, 0.15) is 5.52 Å². The van der Waals surface area contributed by atoms with Gasteiger partial charge in [0.05, 0.1) is 34.9 Å². The number of aromatic amines is 1. The van der Waals surface area contributed by atoms with Crippen molar-refractivity contribution >= 4 is 51.8 Å². The molecule has 0 radical (unpaired) electrons. The van der Waals surface area contributed by atoms with E-state index in [9.17, 15) is 27.9 Å². The van der Waals surface area contributed by atoms with Crippen molar-refractivity contribution in [3.63, 3.8) is 0 Å². The maximum absolute atomic E-state index is 13.5. The number of aliphatic hydroxyl groups excluding tert-OH is 1. The second-order valence-electron chi connectivity index (χ2n) is 9.55. The molecule has 1 heterocycles. The summed E-state index contributed by atoms with van der Waals surface area (Å²) in [6.07, 6.45) is -4.73. The maximum atomic E-state index is 13.5. The molecular formula is C28H27ClF3N5O3. The van der Waals surface area contributed by atoms with Crippen LogP contribution in [0.4, 0.5) is 30.5 Å². The van der Waals surface area contributed by atoms with Crippen LogP contribution in [0.3, 0.4) is 0 Å². The van der Waals surface area contributed by atoms with Gasteiger partial charge < -0.3 is 26.0 Å². The molecule has 0 aliphatic heterocycles. The average molecular weight is 574 g/mol. The number of aliphatic hydroxyl groups is 1. The van der Waals surface area contributed by atoms with E-state index in [0.717, 1.165) is 12.1 Å². The van der Waals surface area contributed by atoms with Crippen LogP contribution in [0.5, 0.6) is 0 Å². The van der Waals surface area contributed by atoms with E-state index in [-0.39, 0.29) is 41.3 Å². The number of nitrogens with one attached hydrogen (secondary N) is 4. The summed E-state index contributed by atoms with van der Waals surface area (Å²) in [5.74, 6) is -1.26. The van der Waals surface area contributed by atoms with Crippen LogP contribution in [0.1, 0.15) is 45.7 Å². The van der Waals surface area contributed by atoms with E-state index in [1.165, 1.54) is 24.3 Å². The van der Waals surface area contributed by atoms with Crippen LogP contribution < -0.4 is 16.0 Å². The molecule has 1 unspecified atom stereocenters. The van der Waals surface area contributed by atoms with Crippen LogP contribution in [0.2, 0.25) is 5.02 Å². The van der Waals surface area contributed by atoms with Gasteiger partial charge in [-0.3, -0.25) is 9.59 Å². The van der Waals surface area contributed by atoms with E-state index in [1.807, 2.05) is 13.8 Å². The molecule has 2 amide bonds. The predicted octanol–water partition coefficient (Wildman–Crippen LogP) is 6.48. The summed E-state index contributed by atoms with van der Waals surface area (Å²) in [5, 5.41) is 18.5. The number of amides is 2. The van der Waals surface area contributed by atoms with Crippen LogP contribution in [0, 0.1) is 12.8 Å². The third-order valence-electron chi connectivity index (χ3n) is 6.41. The molecule has 210 valence electrons. The molecule has 1 atom stereocenters. The molecule has 1 aromatic heterocycles. The Balaban J connectivity index is 1.76. The Morgan fingerprint density at radius 2 is 1.73 bits per heavy atom. The zero-order valence-electron chi connectivity index (χ0n) is 21.8. The highest BCUT2D eigenvalue weighted by molar-refractivity contribution is 6.31. The highest BCUT2D eigenvalue weighted by Crippen LogP contribution is 2.33. The van der Waals surface area contributed by atoms with Crippen LogP contribution >= 0.6 is 11.6 Å². The third-order valence-corrected chi connectivity index (χ3v) is 6.82. The SMILES string of the molecule is Cc1c(Cl)cccc1NC(=O)c1cc(NC(=O)c2ccccc2C(F)(F)F)cc2[nH]c(NC(CO)C(C)C)nc12. The fraction of sp³-hybridized carbons (Fsp3) is 0.250. The number of halogens is 4. The van der Waals surface area contributed by atoms with E-state index in [0.29, 0.717) is 21.8 Å². The lowest BCUT2D eigenvalue weighted by molar-refractivity contribution is -0.137. The first-order valence-corrected chi connectivity index (χ1v) is 12.7. The van der Waals surface area contributed by atoms with Gasteiger partial charge in [0.15, 0.2) is 0 Å². The number of fused-ring (bicyclic) bond motifs is 1. The lowest BCUT2D eigenvalue weighted by atomic mass is 10.1. The minimum absolute atomic E-state index is 0.0469. The number of alkyl halides is 3. The molecule has 40 heavy (non-hydrogen) atoms. The van der Waals surface area contributed by atoms with Crippen molar-refractivity contribution in [3.05, 3.63) is 81.9 Å². The molecule has 0 bridgehead atoms. The number of carbonyl (C=O) groups is 2. The van der Waals surface area contributed by atoms with Gasteiger partial charge in [-0.15, -0.1) is 0 Å². The van der Waals surface area contributed by atoms with Gasteiger partial charge in [-0.2, -0.15) is 13.2 Å². The van der Waals surface area contributed by atoms with Crippen molar-refractivity contribution in [2.75, 3.05) is 22.6 Å². The summed E-state index contributed by atoms with van der Waals surface area (Å²) in [6.45, 7) is 5.39. The summed E-state index contributed by atoms with van der Waals surface area (Å²) in [6, 6.07) is 11.9. The van der Waals surface area contributed by atoms with Crippen molar-refractivity contribution < 1.29 is 27.9 Å². The van der Waals surface area contributed by atoms with Crippen molar-refractivity contribution in [3.8, 4) is 0 Å². The Morgan fingerprint density at radius 1 is 1.02 bits per heavy atom. The molecule has 5 N–H and O–H groups in total. The molecule has 0 aliphatic rings. The molecule has 3 aromatic carbocycles. The number of hydrogen-bond acceptors (Lipinski definition) is 5. The van der Waals surface area contributed by atoms with E-state index in [1.54, 1.807) is 25.1 Å². The first kappa shape index (κ1) is 28.9. The number of nitrogens with zero attached hydrogens (tertiary/aromatic N) is 1. The lowest BCUT2D eigenvalue weighted by Crippen LogP contribution is -2.29. The monoisotopic (exact) mass is 573 g/mol. The topological polar surface area (TPSA) is 119 Å². The molecule has 4 rings (SSSR count). The Kier molecular flexibility index (Phi) is 8.36. The van der Waals surface area contributed by atoms with Crippen molar-refractivity contribution in [2.24, 2.45) is 5.92 Å². The molecule has 12 heteroatoms. The molecular weight excluding hydrogens is 547 g/mol. The fourth-order valence-corrected chi connectivity index (χ4v) is 4.26. The van der Waals surface area contributed by atoms with Crippen molar-refractivity contribution in [2.45, 2.75) is 33.0 Å². The fourth-order valence-electron chi connectivity index (χ4n) is 4.09. The molecule has 4 aromatic rings. The summed E-state index contributed by atoms with van der Waals surface area (Å²) in [7, 11) is 0. The van der Waals surface area contributed by atoms with Gasteiger partial charge in [0.25, 0.3) is 11.8 Å². The highest BCUT2D eigenvalue weighted by atomic mass is 35.5. The third kappa shape index (κ3) is 6.21. The normalized spacial score (nSPS) is 12.4. The smallest absolute Gasteiger partial charge is 0.394 e. The molecule has 0 aliphatic carbocycles. The standard InChI is InChI=1S/C28H27ClF3N5O3/c1-14(2)23(13-38)36-27-35-22-12-16(33-25(39)17-7-4-5-8-19(17)28(30,31)32)11-18(24(22)37-27)26(40)34-21-10-6-9-20(29)15(21)3/h4-12,14,23,38H,13H2,1-3H3,(H,33,39)(H,34,40)(H2,35,36,37). The van der Waals surface area contributed by atoms with Crippen molar-refractivity contribution in [1.82, 2.24) is 9.97 Å². The van der Waals surface area contributed by atoms with E-state index in [2.05, 4.69) is 25.9 Å². The minimum atomic E-state index is -4.73. The Labute approximate surface area is 233 Å². The zero-order chi connectivity index (χ0) is 29.2. The van der Waals surface area contributed by atoms with Gasteiger partial charge >= 0.3 is 6.18 Å². The van der Waals surface area contributed by atoms with Gasteiger partial charge in [0.2, 0.25) is 5.95 Å². The minimum Gasteiger partial charge on any atom is -0.394 e. The maximum Gasteiger partial charge on any atom is 0.417 e. The van der Waals surface area contributed by atoms with Gasteiger partial charge in [-0.05, 0) is 54.8 Å². The van der Waals surface area contributed by atoms with E-state index < -0.39 is 29.1 Å². The number of aromatic nitrogens is 2. The zero-order valence-corrected chi connectivity index (χ0v) is 22.5. The van der Waals surface area contributed by atoms with E-state index in [4.69, 9.17) is 11.6 Å². The highest BCUT2D eigenvalue weighted by Gasteiger charge is 2.35. The molecule has 0 saturated heterocycles. The largest absolute Gasteiger partial charge is 0.417 e. The number of anilines is 3. The van der Waals surface area contributed by atoms with Gasteiger partial charge in [0, 0.05) is 16.4 Å². The van der Waals surface area contributed by atoms with Gasteiger partial charge in [-0.25, -0.2) is 4.98 Å². The quantitative estimate of drug-likeness (QED) is 0.165. The predicted molar refractivity (Wildman–Crippen MR) is 149 cm³/mol. The molecule has 0 fully saturated rings. The van der Waals surface area contributed by atoms with E-state index >= 15 is 0 Å². The second kappa shape index (κ2) is 11.6. The Bertz CT molecular complexity index is 1570. The summed E-state index contributed by atoms with van der Waals surface area (Å²) in [4.78, 5) is 33.9. The summed E-state index contributed by atoms with van der Waals surface area (Å²) >= 11 is 6.19. The first-order chi connectivity index (χ1) is 18.9. The number of rotatable bonds is 8. The van der Waals surface area contributed by atoms with Crippen LogP contribution in [-0.2, 0) is 6.18 Å². The molecule has 8 nitrogen and oxygen atoms in total. The van der Waals surface area contributed by atoms with Gasteiger partial charge in [-0.1, -0.05) is 43.6 Å². The Morgan fingerprint density at radius 3 is 2.40 bits per heavy atom. The molecule has 0 saturated carbocycles. The summed E-state index contributed by atoms with van der Waals surface area (Å²) in [5.41, 5.74) is 0.130. The second-order valence-corrected chi connectivity index (χ2v) is 9.95. The number of benzene rings is 3. The first-order valence-electron chi connectivity index (χ1n) is 12.3. The van der Waals surface area contributed by atoms with Crippen molar-refractivity contribution in [1.29, 1.82) is 0 Å². The lowest BCUT2D eigenvalue weighted by Gasteiger charge is -2.18. The van der Waals surface area contributed by atoms with Crippen LogP contribution in [-0.4, -0.2) is 39.5 Å². The number of H-pyrrole nitrogens is 1. The number of hydrogen-bond donors (Lipinski definition) is 5.